The third-order valence-electron chi connectivity index (χ3n) is 2.97. The van der Waals surface area contributed by atoms with Gasteiger partial charge >= 0.3 is 104 Å². The van der Waals surface area contributed by atoms with Crippen molar-refractivity contribution in [3.63, 3.8) is 0 Å². The minimum atomic E-state index is -0.883. The quantitative estimate of drug-likeness (QED) is 0.547. The Labute approximate surface area is 104 Å². The van der Waals surface area contributed by atoms with Crippen molar-refractivity contribution in [2.24, 2.45) is 10.9 Å². The molecule has 1 saturated heterocycles. The van der Waals surface area contributed by atoms with Gasteiger partial charge in [-0.1, -0.05) is 0 Å². The second-order valence-electron chi connectivity index (χ2n) is 4.34. The first-order chi connectivity index (χ1) is 7.25. The average molecular weight is 397 g/mol. The summed E-state index contributed by atoms with van der Waals surface area (Å²) >= 11 is -0.883. The molecule has 0 aliphatic carbocycles. The zero-order valence-electron chi connectivity index (χ0n) is 9.56. The van der Waals surface area contributed by atoms with Crippen LogP contribution in [0.4, 0.5) is 0 Å². The first kappa shape index (κ1) is 11.4. The van der Waals surface area contributed by atoms with Crippen LogP contribution in [0.1, 0.15) is 6.92 Å². The number of nitrogens with zero attached hydrogens (tertiary/aromatic N) is 3. The summed E-state index contributed by atoms with van der Waals surface area (Å²) in [4.78, 5) is 9.53. The van der Waals surface area contributed by atoms with Crippen molar-refractivity contribution in [3.05, 3.63) is 12.3 Å². The van der Waals surface area contributed by atoms with Gasteiger partial charge in [-0.05, 0) is 0 Å². The van der Waals surface area contributed by atoms with E-state index in [0.717, 1.165) is 0 Å². The fourth-order valence-corrected chi connectivity index (χ4v) is 6.66. The monoisotopic (exact) mass is 397 g/mol. The molecule has 3 nitrogen and oxygen atoms in total. The summed E-state index contributed by atoms with van der Waals surface area (Å²) < 4.78 is 3.99. The summed E-state index contributed by atoms with van der Waals surface area (Å²) in [5.74, 6) is 0.647. The van der Waals surface area contributed by atoms with Crippen molar-refractivity contribution in [2.75, 3.05) is 33.2 Å². The normalized spacial score (nSPS) is 27.2. The van der Waals surface area contributed by atoms with Gasteiger partial charge in [-0.2, -0.15) is 0 Å². The molecule has 1 fully saturated rings. The van der Waals surface area contributed by atoms with Gasteiger partial charge < -0.3 is 0 Å². The Morgan fingerprint density at radius 2 is 2.07 bits per heavy atom. The molecule has 0 aromatic carbocycles. The van der Waals surface area contributed by atoms with Gasteiger partial charge in [0.1, 0.15) is 0 Å². The van der Waals surface area contributed by atoms with Crippen LogP contribution in [0.2, 0.25) is 0 Å². The van der Waals surface area contributed by atoms with Crippen molar-refractivity contribution < 1.29 is 0 Å². The van der Waals surface area contributed by atoms with E-state index in [1.54, 1.807) is 0 Å². The summed E-state index contributed by atoms with van der Waals surface area (Å²) in [6, 6.07) is 0. The number of amidine groups is 1. The van der Waals surface area contributed by atoms with E-state index in [1.807, 2.05) is 6.20 Å². The summed E-state index contributed by atoms with van der Waals surface area (Å²) in [7, 11) is 2.20. The Hall–Kier alpha value is -0.0379. The van der Waals surface area contributed by atoms with Gasteiger partial charge in [0.05, 0.1) is 0 Å². The van der Waals surface area contributed by atoms with E-state index in [9.17, 15) is 0 Å². The molecule has 0 saturated carbocycles. The molecule has 2 heterocycles. The Morgan fingerprint density at radius 3 is 2.80 bits per heavy atom. The van der Waals surface area contributed by atoms with E-state index in [4.69, 9.17) is 0 Å². The van der Waals surface area contributed by atoms with E-state index in [-0.39, 0.29) is 0 Å². The van der Waals surface area contributed by atoms with Gasteiger partial charge in [0.25, 0.3) is 0 Å². The molecular weight excluding hydrogens is 379 g/mol. The Morgan fingerprint density at radius 1 is 1.33 bits per heavy atom. The first-order valence-electron chi connectivity index (χ1n) is 5.62. The molecule has 0 aromatic rings. The SMILES string of the molecule is CC1C=CN=[C](N2CCN(C)CC2)[Tl]=[CH]1. The number of aliphatic imine (C=N–C) groups is 1. The van der Waals surface area contributed by atoms with E-state index < -0.39 is 23.7 Å². The zero-order chi connectivity index (χ0) is 10.7. The van der Waals surface area contributed by atoms with Crippen LogP contribution in [0.3, 0.4) is 0 Å². The maximum atomic E-state index is 4.63. The molecule has 4 heteroatoms. The van der Waals surface area contributed by atoms with Gasteiger partial charge in [0.15, 0.2) is 0 Å². The van der Waals surface area contributed by atoms with Crippen LogP contribution < -0.4 is 0 Å². The summed E-state index contributed by atoms with van der Waals surface area (Å²) in [6.07, 6.45) is 4.22. The third-order valence-corrected chi connectivity index (χ3v) is 9.24. The molecule has 2 rings (SSSR count). The predicted octanol–water partition coefficient (Wildman–Crippen LogP) is 0.260. The second kappa shape index (κ2) is 5.34. The van der Waals surface area contributed by atoms with E-state index in [1.165, 1.54) is 29.6 Å². The van der Waals surface area contributed by atoms with Gasteiger partial charge in [-0.3, -0.25) is 0 Å². The molecule has 80 valence electrons. The third kappa shape index (κ3) is 3.21. The van der Waals surface area contributed by atoms with Gasteiger partial charge in [0.2, 0.25) is 0 Å². The van der Waals surface area contributed by atoms with Crippen molar-refractivity contribution >= 4 is 30.7 Å². The average Bonchev–Trinajstić information content (AvgIpc) is 2.44. The number of hydrogen-bond donors (Lipinski definition) is 0. The van der Waals surface area contributed by atoms with Crippen LogP contribution in [0, 0.1) is 5.92 Å². The molecule has 1 atom stereocenters. The number of allylic oxidation sites excluding steroid dienone is 1. The summed E-state index contributed by atoms with van der Waals surface area (Å²) in [5.41, 5.74) is 0. The van der Waals surface area contributed by atoms with E-state index >= 15 is 0 Å². The molecule has 1 unspecified atom stereocenters. The molecule has 15 heavy (non-hydrogen) atoms. The van der Waals surface area contributed by atoms with Crippen LogP contribution in [-0.4, -0.2) is 73.7 Å². The van der Waals surface area contributed by atoms with Crippen LogP contribution in [-0.2, 0) is 0 Å². The Kier molecular flexibility index (Phi) is 4.07. The van der Waals surface area contributed by atoms with Crippen molar-refractivity contribution in [1.29, 1.82) is 0 Å². The number of piperazine rings is 1. The predicted molar refractivity (Wildman–Crippen MR) is 66.6 cm³/mol. The van der Waals surface area contributed by atoms with Crippen molar-refractivity contribution in [3.8, 4) is 0 Å². The summed E-state index contributed by atoms with van der Waals surface area (Å²) in [5, 5.41) is 0. The van der Waals surface area contributed by atoms with Crippen LogP contribution >= 0.6 is 0 Å². The van der Waals surface area contributed by atoms with Gasteiger partial charge in [0, 0.05) is 0 Å². The van der Waals surface area contributed by atoms with Gasteiger partial charge in [-0.25, -0.2) is 0 Å². The standard InChI is InChI=1S/C11H18N3.Tl/c1-11(2)4-5-12-10-14-8-6-13(3)7-9-14;/h1,4-5,11H,6-9H2,2-3H3;. The fourth-order valence-electron chi connectivity index (χ4n) is 1.82. The molecule has 2 aliphatic heterocycles. The second-order valence-corrected chi connectivity index (χ2v) is 9.14. The zero-order valence-corrected chi connectivity index (χ0v) is 14.0. The molecule has 0 aromatic heterocycles. The minimum absolute atomic E-state index is 0.647. The first-order valence-corrected chi connectivity index (χ1v) is 10.5. The van der Waals surface area contributed by atoms with Crippen LogP contribution in [0.5, 0.6) is 0 Å². The topological polar surface area (TPSA) is 18.8 Å². The molecular formula is C11H18N3Tl. The van der Waals surface area contributed by atoms with E-state index in [0.29, 0.717) is 5.92 Å². The van der Waals surface area contributed by atoms with Crippen LogP contribution in [0.15, 0.2) is 17.3 Å². The fraction of sp³-hybridized carbons (Fsp3) is 0.636. The molecule has 0 radical (unpaired) electrons. The Balaban J connectivity index is 2.02. The molecule has 0 N–H and O–H groups in total. The number of likely N-dealkylation sites (N-methyl/N-ethyl adjacent to an activating group) is 1. The number of rotatable bonds is 0. The maximum absolute atomic E-state index is 4.63. The van der Waals surface area contributed by atoms with Crippen LogP contribution in [0.25, 0.3) is 0 Å². The summed E-state index contributed by atoms with van der Waals surface area (Å²) in [6.45, 7) is 6.97. The van der Waals surface area contributed by atoms with Crippen molar-refractivity contribution in [2.45, 2.75) is 6.92 Å². The molecule has 0 amide bonds. The number of hydrogen-bond acceptors (Lipinski definition) is 3. The van der Waals surface area contributed by atoms with E-state index in [2.05, 4.69) is 38.4 Å². The molecule has 2 aliphatic rings. The molecule has 0 bridgehead atoms. The van der Waals surface area contributed by atoms with Crippen molar-refractivity contribution in [1.82, 2.24) is 9.80 Å². The molecule has 0 spiro atoms. The Bertz CT molecular complexity index is 301. The van der Waals surface area contributed by atoms with Gasteiger partial charge in [-0.15, -0.1) is 0 Å².